The van der Waals surface area contributed by atoms with E-state index in [1.807, 2.05) is 121 Å². The molecule has 0 saturated carbocycles. The summed E-state index contributed by atoms with van der Waals surface area (Å²) in [6.45, 7) is 0. The number of nitriles is 4. The van der Waals surface area contributed by atoms with E-state index in [9.17, 15) is 21.0 Å². The van der Waals surface area contributed by atoms with Crippen LogP contribution in [-0.4, -0.2) is 9.97 Å². The summed E-state index contributed by atoms with van der Waals surface area (Å²) in [7, 11) is 0. The van der Waals surface area contributed by atoms with Crippen molar-refractivity contribution in [3.8, 4) is 46.8 Å². The molecule has 6 rings (SSSR count). The van der Waals surface area contributed by atoms with Crippen molar-refractivity contribution in [1.82, 2.24) is 9.97 Å². The van der Waals surface area contributed by atoms with Gasteiger partial charge in [0, 0.05) is 31.3 Å². The van der Waals surface area contributed by atoms with Gasteiger partial charge < -0.3 is 0 Å². The molecule has 6 aromatic rings. The number of rotatable bonds is 4. The predicted octanol–water partition coefficient (Wildman–Crippen LogP) is 5.14. The maximum absolute atomic E-state index is 9.32. The van der Waals surface area contributed by atoms with E-state index in [0.717, 1.165) is 42.7 Å². The van der Waals surface area contributed by atoms with E-state index in [1.165, 1.54) is 22.7 Å². The Morgan fingerprint density at radius 1 is 0.500 bits per heavy atom. The van der Waals surface area contributed by atoms with E-state index in [4.69, 9.17) is 9.97 Å². The van der Waals surface area contributed by atoms with Gasteiger partial charge >= 0.3 is 0 Å². The molecule has 0 aliphatic rings. The quantitative estimate of drug-likeness (QED) is 0.277. The van der Waals surface area contributed by atoms with E-state index >= 15 is 0 Å². The Kier molecular flexibility index (Phi) is 7.87. The second kappa shape index (κ2) is 12.4. The lowest BCUT2D eigenvalue weighted by Gasteiger charge is -2.13. The van der Waals surface area contributed by atoms with E-state index in [1.54, 1.807) is 12.1 Å². The summed E-state index contributed by atoms with van der Waals surface area (Å²) in [6, 6.07) is 39.0. The van der Waals surface area contributed by atoms with Gasteiger partial charge in [-0.25, -0.2) is 9.97 Å². The van der Waals surface area contributed by atoms with Gasteiger partial charge in [-0.15, -0.1) is 22.7 Å². The number of hydrogen-bond acceptors (Lipinski definition) is 8. The largest absolute Gasteiger partial charge is 0.243 e. The van der Waals surface area contributed by atoms with Crippen LogP contribution < -0.4 is 18.1 Å². The molecule has 0 radical (unpaired) electrons. The Hall–Kier alpha value is -6.16. The SMILES string of the molecule is N#CC(C#N)=c1cc/c(=C\c2ccc(/C=c3\ccc(=C(C#N)C#N)s3)c3nc(-c4ccccc4)c(-c4ccccc4)nc23)s1. The van der Waals surface area contributed by atoms with Gasteiger partial charge in [0.15, 0.2) is 0 Å². The average molecular weight is 599 g/mol. The highest BCUT2D eigenvalue weighted by molar-refractivity contribution is 7.08. The number of nitrogens with zero attached hydrogens (tertiary/aromatic N) is 6. The number of benzene rings is 3. The van der Waals surface area contributed by atoms with Gasteiger partial charge in [0.1, 0.15) is 35.4 Å². The monoisotopic (exact) mass is 598 g/mol. The number of hydrogen-bond donors (Lipinski definition) is 0. The predicted molar refractivity (Wildman–Crippen MR) is 174 cm³/mol. The van der Waals surface area contributed by atoms with Crippen molar-refractivity contribution in [3.63, 3.8) is 0 Å². The number of fused-ring (bicyclic) bond motifs is 1. The minimum atomic E-state index is 0.0756. The first-order chi connectivity index (χ1) is 21.6. The van der Waals surface area contributed by atoms with E-state index < -0.39 is 0 Å². The molecule has 0 fully saturated rings. The lowest BCUT2D eigenvalue weighted by Crippen LogP contribution is -2.02. The van der Waals surface area contributed by atoms with Crippen molar-refractivity contribution in [2.45, 2.75) is 0 Å². The van der Waals surface area contributed by atoms with Gasteiger partial charge in [-0.05, 0) is 36.4 Å². The molecule has 0 saturated heterocycles. The third-order valence-corrected chi connectivity index (χ3v) is 8.87. The van der Waals surface area contributed by atoms with Crippen molar-refractivity contribution in [2.24, 2.45) is 0 Å². The molecule has 0 aliphatic heterocycles. The molecule has 0 bridgehead atoms. The Balaban J connectivity index is 1.69. The Labute approximate surface area is 260 Å². The molecule has 0 amide bonds. The molecular weight excluding hydrogens is 581 g/mol. The zero-order chi connectivity index (χ0) is 30.5. The lowest BCUT2D eigenvalue weighted by molar-refractivity contribution is 1.28. The summed E-state index contributed by atoms with van der Waals surface area (Å²) in [6.07, 6.45) is 3.98. The standard InChI is InChI=1S/C36H18N6S2/c37-19-27(20-38)31-15-13-29(43-31)17-25-11-12-26(18-30-14-16-32(44-30)28(21-39)22-40)36-35(25)41-33(23-7-3-1-4-8-23)34(42-36)24-9-5-2-6-10-24/h1-18H/b29-17+,30-18+. The molecule has 3 aromatic carbocycles. The Morgan fingerprint density at radius 3 is 1.25 bits per heavy atom. The first kappa shape index (κ1) is 28.0. The molecule has 3 heterocycles. The van der Waals surface area contributed by atoms with Crippen LogP contribution in [0.4, 0.5) is 0 Å². The maximum atomic E-state index is 9.32. The van der Waals surface area contributed by atoms with E-state index in [2.05, 4.69) is 0 Å². The topological polar surface area (TPSA) is 121 Å². The van der Waals surface area contributed by atoms with Crippen LogP contribution in [0.3, 0.4) is 0 Å². The summed E-state index contributed by atoms with van der Waals surface area (Å²) in [5, 5.41) is 37.3. The fraction of sp³-hybridized carbons (Fsp3) is 0. The fourth-order valence-electron chi connectivity index (χ4n) is 4.71. The van der Waals surface area contributed by atoms with Crippen molar-refractivity contribution in [2.75, 3.05) is 0 Å². The zero-order valence-electron chi connectivity index (χ0n) is 22.9. The summed E-state index contributed by atoms with van der Waals surface area (Å²) in [5.41, 5.74) is 6.55. The minimum absolute atomic E-state index is 0.0756. The molecule has 0 atom stereocenters. The van der Waals surface area contributed by atoms with Gasteiger partial charge in [-0.2, -0.15) is 21.0 Å². The van der Waals surface area contributed by atoms with Crippen LogP contribution in [0.2, 0.25) is 0 Å². The lowest BCUT2D eigenvalue weighted by atomic mass is 10.0. The van der Waals surface area contributed by atoms with Gasteiger partial charge in [0.05, 0.1) is 31.5 Å². The minimum Gasteiger partial charge on any atom is -0.243 e. The third-order valence-electron chi connectivity index (χ3n) is 6.77. The summed E-state index contributed by atoms with van der Waals surface area (Å²) >= 11 is 2.73. The highest BCUT2D eigenvalue weighted by Gasteiger charge is 2.16. The normalized spacial score (nSPS) is 11.4. The van der Waals surface area contributed by atoms with Crippen molar-refractivity contribution >= 4 is 57.0 Å². The van der Waals surface area contributed by atoms with E-state index in [-0.39, 0.29) is 11.1 Å². The van der Waals surface area contributed by atoms with Crippen molar-refractivity contribution in [1.29, 1.82) is 21.0 Å². The first-order valence-electron chi connectivity index (χ1n) is 13.3. The Morgan fingerprint density at radius 2 is 0.886 bits per heavy atom. The summed E-state index contributed by atoms with van der Waals surface area (Å²) in [4.78, 5) is 10.5. The average Bonchev–Trinajstić information content (AvgIpc) is 3.74. The molecule has 6 nitrogen and oxygen atoms in total. The molecule has 8 heteroatoms. The van der Waals surface area contributed by atoms with Crippen LogP contribution in [-0.2, 0) is 0 Å². The second-order valence-electron chi connectivity index (χ2n) is 9.48. The van der Waals surface area contributed by atoms with Crippen LogP contribution in [0, 0.1) is 45.3 Å². The van der Waals surface area contributed by atoms with Gasteiger partial charge in [-0.3, -0.25) is 0 Å². The molecular formula is C36H18N6S2. The van der Waals surface area contributed by atoms with Gasteiger partial charge in [-0.1, -0.05) is 72.8 Å². The maximum Gasteiger partial charge on any atom is 0.146 e. The molecule has 204 valence electrons. The molecule has 3 aromatic heterocycles. The van der Waals surface area contributed by atoms with Crippen LogP contribution in [0.15, 0.2) is 97.1 Å². The molecule has 44 heavy (non-hydrogen) atoms. The highest BCUT2D eigenvalue weighted by Crippen LogP contribution is 2.33. The molecule has 0 spiro atoms. The van der Waals surface area contributed by atoms with Crippen LogP contribution in [0.5, 0.6) is 0 Å². The van der Waals surface area contributed by atoms with Gasteiger partial charge in [0.2, 0.25) is 0 Å². The van der Waals surface area contributed by atoms with Gasteiger partial charge in [0.25, 0.3) is 0 Å². The number of aromatic nitrogens is 2. The third kappa shape index (κ3) is 5.51. The van der Waals surface area contributed by atoms with Crippen molar-refractivity contribution < 1.29 is 0 Å². The first-order valence-corrected chi connectivity index (χ1v) is 14.9. The molecule has 0 unspecified atom stereocenters. The van der Waals surface area contributed by atoms with E-state index in [0.29, 0.717) is 20.1 Å². The smallest absolute Gasteiger partial charge is 0.146 e. The highest BCUT2D eigenvalue weighted by atomic mass is 32.1. The second-order valence-corrected chi connectivity index (χ2v) is 11.7. The zero-order valence-corrected chi connectivity index (χ0v) is 24.5. The number of thiophene rings is 2. The summed E-state index contributed by atoms with van der Waals surface area (Å²) < 4.78 is 2.96. The van der Waals surface area contributed by atoms with Crippen LogP contribution in [0.25, 0.3) is 56.8 Å². The fourth-order valence-corrected chi connectivity index (χ4v) is 6.52. The van der Waals surface area contributed by atoms with Crippen LogP contribution >= 0.6 is 22.7 Å². The molecule has 0 aliphatic carbocycles. The molecule has 0 N–H and O–H groups in total. The van der Waals surface area contributed by atoms with Crippen molar-refractivity contribution in [3.05, 3.63) is 126 Å². The summed E-state index contributed by atoms with van der Waals surface area (Å²) in [5.74, 6) is 0. The Bertz CT molecular complexity index is 2270. The van der Waals surface area contributed by atoms with Crippen LogP contribution in [0.1, 0.15) is 11.1 Å².